The summed E-state index contributed by atoms with van der Waals surface area (Å²) in [6, 6.07) is 10.3. The summed E-state index contributed by atoms with van der Waals surface area (Å²) in [6.07, 6.45) is 9.33. The lowest BCUT2D eigenvalue weighted by Gasteiger charge is -2.07. The van der Waals surface area contributed by atoms with Gasteiger partial charge in [-0.1, -0.05) is 42.5 Å². The van der Waals surface area contributed by atoms with Crippen LogP contribution in [0.1, 0.15) is 12.0 Å². The Morgan fingerprint density at radius 3 is 2.53 bits per heavy atom. The molecular formula is C14H14O. The van der Waals surface area contributed by atoms with Gasteiger partial charge in [0.2, 0.25) is 0 Å². The molecule has 2 rings (SSSR count). The maximum absolute atomic E-state index is 5.14. The first-order valence-electron chi connectivity index (χ1n) is 5.06. The summed E-state index contributed by atoms with van der Waals surface area (Å²) in [4.78, 5) is 0. The fourth-order valence-electron chi connectivity index (χ4n) is 1.57. The highest BCUT2D eigenvalue weighted by molar-refractivity contribution is 5.57. The SMILES string of the molecule is COC1=CCC(=Cc2ccccc2)C=C1. The van der Waals surface area contributed by atoms with Gasteiger partial charge in [0, 0.05) is 0 Å². The summed E-state index contributed by atoms with van der Waals surface area (Å²) in [5, 5.41) is 0. The number of hydrogen-bond donors (Lipinski definition) is 0. The van der Waals surface area contributed by atoms with Crippen LogP contribution in [0, 0.1) is 0 Å². The van der Waals surface area contributed by atoms with Crippen molar-refractivity contribution in [3.63, 3.8) is 0 Å². The quantitative estimate of drug-likeness (QED) is 0.706. The van der Waals surface area contributed by atoms with Crippen molar-refractivity contribution in [3.05, 3.63) is 65.5 Å². The lowest BCUT2D eigenvalue weighted by atomic mass is 10.0. The molecule has 1 nitrogen and oxygen atoms in total. The van der Waals surface area contributed by atoms with E-state index in [1.54, 1.807) is 7.11 Å². The molecule has 1 heteroatoms. The van der Waals surface area contributed by atoms with Crippen LogP contribution >= 0.6 is 0 Å². The van der Waals surface area contributed by atoms with Crippen molar-refractivity contribution >= 4 is 6.08 Å². The maximum atomic E-state index is 5.14. The van der Waals surface area contributed by atoms with Crippen LogP contribution in [0.4, 0.5) is 0 Å². The predicted octanol–water partition coefficient (Wildman–Crippen LogP) is 3.56. The molecule has 0 heterocycles. The Morgan fingerprint density at radius 2 is 1.93 bits per heavy atom. The van der Waals surface area contributed by atoms with Gasteiger partial charge in [0.25, 0.3) is 0 Å². The average molecular weight is 198 g/mol. The molecule has 0 spiro atoms. The zero-order chi connectivity index (χ0) is 10.5. The van der Waals surface area contributed by atoms with Crippen molar-refractivity contribution < 1.29 is 4.74 Å². The molecule has 1 aromatic carbocycles. The molecule has 76 valence electrons. The van der Waals surface area contributed by atoms with Crippen molar-refractivity contribution in [1.29, 1.82) is 0 Å². The standard InChI is InChI=1S/C14H14O/c1-15-14-9-7-13(8-10-14)11-12-5-3-2-4-6-12/h2-7,9-11H,8H2,1H3. The number of methoxy groups -OCH3 is 1. The van der Waals surface area contributed by atoms with E-state index in [4.69, 9.17) is 4.74 Å². The molecular weight excluding hydrogens is 184 g/mol. The second-order valence-electron chi connectivity index (χ2n) is 3.48. The molecule has 0 saturated heterocycles. The summed E-state index contributed by atoms with van der Waals surface area (Å²) < 4.78 is 5.14. The van der Waals surface area contributed by atoms with Crippen molar-refractivity contribution in [1.82, 2.24) is 0 Å². The van der Waals surface area contributed by atoms with E-state index in [9.17, 15) is 0 Å². The van der Waals surface area contributed by atoms with Crippen molar-refractivity contribution in [3.8, 4) is 0 Å². The topological polar surface area (TPSA) is 9.23 Å². The minimum atomic E-state index is 0.939. The summed E-state index contributed by atoms with van der Waals surface area (Å²) in [6.45, 7) is 0. The zero-order valence-corrected chi connectivity index (χ0v) is 8.81. The average Bonchev–Trinajstić information content (AvgIpc) is 2.31. The summed E-state index contributed by atoms with van der Waals surface area (Å²) >= 11 is 0. The number of allylic oxidation sites excluding steroid dienone is 4. The van der Waals surface area contributed by atoms with Crippen LogP contribution in [-0.2, 0) is 4.74 Å². The van der Waals surface area contributed by atoms with E-state index in [0.717, 1.165) is 12.2 Å². The van der Waals surface area contributed by atoms with E-state index in [1.807, 2.05) is 12.1 Å². The summed E-state index contributed by atoms with van der Waals surface area (Å²) in [7, 11) is 1.70. The van der Waals surface area contributed by atoms with E-state index in [2.05, 4.69) is 42.5 Å². The van der Waals surface area contributed by atoms with Crippen LogP contribution < -0.4 is 0 Å². The first-order chi connectivity index (χ1) is 7.38. The van der Waals surface area contributed by atoms with Crippen LogP contribution in [0.5, 0.6) is 0 Å². The van der Waals surface area contributed by atoms with Gasteiger partial charge in [-0.2, -0.15) is 0 Å². The largest absolute Gasteiger partial charge is 0.497 e. The second kappa shape index (κ2) is 4.65. The highest BCUT2D eigenvalue weighted by Crippen LogP contribution is 2.18. The Labute approximate surface area is 90.4 Å². The molecule has 0 bridgehead atoms. The number of ether oxygens (including phenoxy) is 1. The molecule has 0 aliphatic heterocycles. The van der Waals surface area contributed by atoms with Gasteiger partial charge in [-0.3, -0.25) is 0 Å². The molecule has 0 aromatic heterocycles. The third-order valence-electron chi connectivity index (χ3n) is 2.39. The fourth-order valence-corrected chi connectivity index (χ4v) is 1.57. The Bertz CT molecular complexity index is 410. The van der Waals surface area contributed by atoms with Crippen LogP contribution in [0.3, 0.4) is 0 Å². The molecule has 1 aliphatic carbocycles. The van der Waals surface area contributed by atoms with E-state index < -0.39 is 0 Å². The van der Waals surface area contributed by atoms with Gasteiger partial charge >= 0.3 is 0 Å². The lowest BCUT2D eigenvalue weighted by Crippen LogP contribution is -1.89. The fraction of sp³-hybridized carbons (Fsp3) is 0.143. The van der Waals surface area contributed by atoms with Crippen LogP contribution in [0.25, 0.3) is 6.08 Å². The Hall–Kier alpha value is -1.76. The monoisotopic (exact) mass is 198 g/mol. The van der Waals surface area contributed by atoms with E-state index >= 15 is 0 Å². The first-order valence-corrected chi connectivity index (χ1v) is 5.06. The van der Waals surface area contributed by atoms with Gasteiger partial charge in [0.1, 0.15) is 5.76 Å². The number of rotatable bonds is 2. The molecule has 0 unspecified atom stereocenters. The molecule has 0 radical (unpaired) electrons. The van der Waals surface area contributed by atoms with Crippen LogP contribution in [0.15, 0.2) is 59.9 Å². The summed E-state index contributed by atoms with van der Waals surface area (Å²) in [5.74, 6) is 0.945. The minimum absolute atomic E-state index is 0.939. The smallest absolute Gasteiger partial charge is 0.115 e. The van der Waals surface area contributed by atoms with Crippen molar-refractivity contribution in [2.45, 2.75) is 6.42 Å². The third-order valence-corrected chi connectivity index (χ3v) is 2.39. The first kappa shape index (κ1) is 9.78. The van der Waals surface area contributed by atoms with Crippen molar-refractivity contribution in [2.75, 3.05) is 7.11 Å². The highest BCUT2D eigenvalue weighted by Gasteiger charge is 2.00. The molecule has 0 atom stereocenters. The van der Waals surface area contributed by atoms with Gasteiger partial charge in [-0.05, 0) is 29.7 Å². The zero-order valence-electron chi connectivity index (χ0n) is 8.81. The molecule has 15 heavy (non-hydrogen) atoms. The maximum Gasteiger partial charge on any atom is 0.115 e. The van der Waals surface area contributed by atoms with Crippen LogP contribution in [0.2, 0.25) is 0 Å². The molecule has 1 aliphatic rings. The third kappa shape index (κ3) is 2.59. The number of benzene rings is 1. The van der Waals surface area contributed by atoms with Gasteiger partial charge in [0.05, 0.1) is 7.11 Å². The second-order valence-corrected chi connectivity index (χ2v) is 3.48. The molecule has 0 saturated carbocycles. The van der Waals surface area contributed by atoms with E-state index in [0.29, 0.717) is 0 Å². The highest BCUT2D eigenvalue weighted by atomic mass is 16.5. The van der Waals surface area contributed by atoms with Crippen molar-refractivity contribution in [2.24, 2.45) is 0 Å². The Kier molecular flexibility index (Phi) is 3.03. The Morgan fingerprint density at radius 1 is 1.13 bits per heavy atom. The Balaban J connectivity index is 2.13. The summed E-state index contributed by atoms with van der Waals surface area (Å²) in [5.41, 5.74) is 2.55. The molecule has 0 N–H and O–H groups in total. The van der Waals surface area contributed by atoms with Gasteiger partial charge in [0.15, 0.2) is 0 Å². The minimum Gasteiger partial charge on any atom is -0.497 e. The van der Waals surface area contributed by atoms with Gasteiger partial charge < -0.3 is 4.74 Å². The number of hydrogen-bond acceptors (Lipinski definition) is 1. The normalized spacial score (nSPS) is 17.7. The lowest BCUT2D eigenvalue weighted by molar-refractivity contribution is 0.304. The molecule has 1 aromatic rings. The van der Waals surface area contributed by atoms with Gasteiger partial charge in [-0.25, -0.2) is 0 Å². The van der Waals surface area contributed by atoms with Crippen LogP contribution in [-0.4, -0.2) is 7.11 Å². The molecule has 0 fully saturated rings. The molecule has 0 amide bonds. The van der Waals surface area contributed by atoms with E-state index in [-0.39, 0.29) is 0 Å². The van der Waals surface area contributed by atoms with Gasteiger partial charge in [-0.15, -0.1) is 0 Å². The predicted molar refractivity (Wildman–Crippen MR) is 63.3 cm³/mol. The van der Waals surface area contributed by atoms with E-state index in [1.165, 1.54) is 11.1 Å².